The largest absolute Gasteiger partial charge is 0.508 e. The van der Waals surface area contributed by atoms with Crippen molar-refractivity contribution in [2.45, 2.75) is 31.1 Å². The van der Waals surface area contributed by atoms with Gasteiger partial charge in [0.05, 0.1) is 12.9 Å². The molecular weight excluding hydrogens is 481 g/mol. The predicted molar refractivity (Wildman–Crippen MR) is 106 cm³/mol. The predicted octanol–water partition coefficient (Wildman–Crippen LogP) is 0.360. The maximum absolute atomic E-state index is 10.2. The van der Waals surface area contributed by atoms with Crippen LogP contribution in [0, 0.1) is 3.57 Å². The van der Waals surface area contributed by atoms with Crippen molar-refractivity contribution in [2.75, 3.05) is 11.9 Å². The zero-order chi connectivity index (χ0) is 19.8. The van der Waals surface area contributed by atoms with Crippen molar-refractivity contribution < 1.29 is 25.2 Å². The zero-order valence-electron chi connectivity index (χ0n) is 14.5. The summed E-state index contributed by atoms with van der Waals surface area (Å²) in [6.45, 7) is -0.0851. The summed E-state index contributed by atoms with van der Waals surface area (Å²) in [4.78, 5) is 12.7. The van der Waals surface area contributed by atoms with E-state index < -0.39 is 31.1 Å². The van der Waals surface area contributed by atoms with E-state index in [-0.39, 0.29) is 5.75 Å². The van der Waals surface area contributed by atoms with E-state index >= 15 is 0 Å². The highest BCUT2D eigenvalue weighted by molar-refractivity contribution is 14.1. The van der Waals surface area contributed by atoms with E-state index in [1.54, 1.807) is 6.07 Å². The highest BCUT2D eigenvalue weighted by atomic mass is 127. The van der Waals surface area contributed by atoms with E-state index in [0.717, 1.165) is 3.57 Å². The van der Waals surface area contributed by atoms with Crippen molar-refractivity contribution in [3.05, 3.63) is 40.0 Å². The number of aliphatic hydroxyl groups excluding tert-OH is 3. The van der Waals surface area contributed by atoms with Gasteiger partial charge in [-0.25, -0.2) is 15.0 Å². The van der Waals surface area contributed by atoms with Crippen LogP contribution in [-0.4, -0.2) is 64.9 Å². The molecule has 2 aromatic heterocycles. The number of hydrogen-bond acceptors (Lipinski definition) is 9. The molecule has 1 aliphatic rings. The van der Waals surface area contributed by atoms with Gasteiger partial charge in [-0.05, 0) is 34.7 Å². The minimum atomic E-state index is -1.23. The van der Waals surface area contributed by atoms with Crippen molar-refractivity contribution in [1.29, 1.82) is 0 Å². The number of aromatic hydroxyl groups is 1. The molecule has 1 unspecified atom stereocenters. The lowest BCUT2D eigenvalue weighted by Gasteiger charge is -2.16. The molecule has 0 spiro atoms. The number of imidazole rings is 1. The summed E-state index contributed by atoms with van der Waals surface area (Å²) in [5, 5.41) is 42.7. The first-order chi connectivity index (χ1) is 13.5. The fraction of sp³-hybridized carbons (Fsp3) is 0.353. The van der Waals surface area contributed by atoms with Crippen molar-refractivity contribution in [2.24, 2.45) is 0 Å². The number of phenols is 1. The Hall–Kier alpha value is -2.06. The van der Waals surface area contributed by atoms with Gasteiger partial charge in [-0.1, -0.05) is 6.07 Å². The van der Waals surface area contributed by atoms with E-state index in [0.29, 0.717) is 29.1 Å². The number of benzene rings is 1. The van der Waals surface area contributed by atoms with Gasteiger partial charge in [0.2, 0.25) is 0 Å². The number of ether oxygens (including phenoxy) is 1. The number of aliphatic hydroxyl groups is 3. The minimum Gasteiger partial charge on any atom is -0.508 e. The number of halogens is 1. The quantitative estimate of drug-likeness (QED) is 0.314. The molecule has 148 valence electrons. The SMILES string of the molecule is OC[C@H]1OC(n2cnc3c(NCc4ccc(I)cc4O)ncnc32)[C@@H](O)[C@@H]1O. The molecule has 0 aliphatic carbocycles. The number of hydrogen-bond donors (Lipinski definition) is 5. The molecule has 0 amide bonds. The Kier molecular flexibility index (Phi) is 5.33. The average molecular weight is 499 g/mol. The Morgan fingerprint density at radius 2 is 2.00 bits per heavy atom. The Bertz CT molecular complexity index is 999. The van der Waals surface area contributed by atoms with Gasteiger partial charge in [0.25, 0.3) is 0 Å². The first-order valence-electron chi connectivity index (χ1n) is 8.51. The zero-order valence-corrected chi connectivity index (χ0v) is 16.6. The van der Waals surface area contributed by atoms with Crippen LogP contribution in [0.5, 0.6) is 5.75 Å². The fourth-order valence-electron chi connectivity index (χ4n) is 3.14. The lowest BCUT2D eigenvalue weighted by molar-refractivity contribution is -0.0511. The highest BCUT2D eigenvalue weighted by Crippen LogP contribution is 2.32. The van der Waals surface area contributed by atoms with Crippen LogP contribution in [0.4, 0.5) is 5.82 Å². The fourth-order valence-corrected chi connectivity index (χ4v) is 3.62. The van der Waals surface area contributed by atoms with E-state index in [2.05, 4.69) is 42.9 Å². The first kappa shape index (κ1) is 19.3. The third-order valence-corrected chi connectivity index (χ3v) is 5.31. The van der Waals surface area contributed by atoms with Crippen LogP contribution < -0.4 is 5.32 Å². The van der Waals surface area contributed by atoms with Gasteiger partial charge in [0.15, 0.2) is 23.2 Å². The van der Waals surface area contributed by atoms with E-state index in [4.69, 9.17) is 4.74 Å². The van der Waals surface area contributed by atoms with Gasteiger partial charge in [-0.15, -0.1) is 0 Å². The standard InChI is InChI=1S/C17H18IN5O5/c18-9-2-1-8(10(25)3-9)4-19-15-12-16(21-6-20-15)23(7-22-12)17-14(27)13(26)11(5-24)28-17/h1-3,6-7,11,13-14,17,24-27H,4-5H2,(H,19,20,21)/t11-,13-,14+,17?/m1/s1. The molecular formula is C17H18IN5O5. The molecule has 0 saturated carbocycles. The van der Waals surface area contributed by atoms with E-state index in [1.165, 1.54) is 17.2 Å². The van der Waals surface area contributed by atoms with Gasteiger partial charge >= 0.3 is 0 Å². The number of anilines is 1. The molecule has 1 aromatic carbocycles. The van der Waals surface area contributed by atoms with Gasteiger partial charge in [0.1, 0.15) is 30.4 Å². The first-order valence-corrected chi connectivity index (χ1v) is 9.58. The molecule has 1 aliphatic heterocycles. The Morgan fingerprint density at radius 3 is 2.71 bits per heavy atom. The maximum atomic E-state index is 10.2. The Labute approximate surface area is 173 Å². The van der Waals surface area contributed by atoms with Gasteiger partial charge in [-0.2, -0.15) is 0 Å². The molecule has 28 heavy (non-hydrogen) atoms. The normalized spacial score (nSPS) is 24.7. The Morgan fingerprint density at radius 1 is 1.18 bits per heavy atom. The van der Waals surface area contributed by atoms with Crippen LogP contribution in [0.3, 0.4) is 0 Å². The van der Waals surface area contributed by atoms with Crippen molar-refractivity contribution in [3.8, 4) is 5.75 Å². The molecule has 4 rings (SSSR count). The summed E-state index contributed by atoms with van der Waals surface area (Å²) < 4.78 is 7.97. The maximum Gasteiger partial charge on any atom is 0.167 e. The lowest BCUT2D eigenvalue weighted by Crippen LogP contribution is -2.33. The molecule has 10 nitrogen and oxygen atoms in total. The third-order valence-electron chi connectivity index (χ3n) is 4.64. The summed E-state index contributed by atoms with van der Waals surface area (Å²) in [6.07, 6.45) is -1.48. The highest BCUT2D eigenvalue weighted by Gasteiger charge is 2.44. The summed E-state index contributed by atoms with van der Waals surface area (Å²) in [5.74, 6) is 0.634. The van der Waals surface area contributed by atoms with Crippen LogP contribution in [-0.2, 0) is 11.3 Å². The van der Waals surface area contributed by atoms with Crippen LogP contribution in [0.2, 0.25) is 0 Å². The molecule has 5 N–H and O–H groups in total. The molecule has 3 aromatic rings. The molecule has 3 heterocycles. The van der Waals surface area contributed by atoms with Crippen LogP contribution >= 0.6 is 22.6 Å². The van der Waals surface area contributed by atoms with Gasteiger partial charge < -0.3 is 30.5 Å². The number of phenolic OH excluding ortho intramolecular Hbond substituents is 1. The van der Waals surface area contributed by atoms with E-state index in [1.807, 2.05) is 12.1 Å². The number of nitrogens with one attached hydrogen (secondary N) is 1. The molecule has 1 fully saturated rings. The average Bonchev–Trinajstić information content (AvgIpc) is 3.23. The molecule has 11 heteroatoms. The van der Waals surface area contributed by atoms with Crippen molar-refractivity contribution in [1.82, 2.24) is 19.5 Å². The number of rotatable bonds is 5. The van der Waals surface area contributed by atoms with E-state index in [9.17, 15) is 20.4 Å². The lowest BCUT2D eigenvalue weighted by atomic mass is 10.1. The van der Waals surface area contributed by atoms with Crippen molar-refractivity contribution >= 4 is 39.6 Å². The number of aromatic nitrogens is 4. The monoisotopic (exact) mass is 499 g/mol. The smallest absolute Gasteiger partial charge is 0.167 e. The molecule has 4 atom stereocenters. The van der Waals surface area contributed by atoms with Gasteiger partial charge in [-0.3, -0.25) is 4.57 Å². The second-order valence-corrected chi connectivity index (χ2v) is 7.65. The minimum absolute atomic E-state index is 0.182. The second-order valence-electron chi connectivity index (χ2n) is 6.40. The number of nitrogens with zero attached hydrogens (tertiary/aromatic N) is 4. The molecule has 1 saturated heterocycles. The molecule has 0 bridgehead atoms. The Balaban J connectivity index is 1.60. The third kappa shape index (κ3) is 3.39. The van der Waals surface area contributed by atoms with Crippen LogP contribution in [0.15, 0.2) is 30.9 Å². The number of fused-ring (bicyclic) bond motifs is 1. The summed E-state index contributed by atoms with van der Waals surface area (Å²) in [5.41, 5.74) is 1.56. The summed E-state index contributed by atoms with van der Waals surface area (Å²) in [7, 11) is 0. The van der Waals surface area contributed by atoms with Crippen LogP contribution in [0.1, 0.15) is 11.8 Å². The summed E-state index contributed by atoms with van der Waals surface area (Å²) >= 11 is 2.12. The summed E-state index contributed by atoms with van der Waals surface area (Å²) in [6, 6.07) is 5.38. The second kappa shape index (κ2) is 7.75. The van der Waals surface area contributed by atoms with Crippen LogP contribution in [0.25, 0.3) is 11.2 Å². The topological polar surface area (TPSA) is 146 Å². The molecule has 0 radical (unpaired) electrons. The van der Waals surface area contributed by atoms with Crippen molar-refractivity contribution in [3.63, 3.8) is 0 Å². The van der Waals surface area contributed by atoms with Gasteiger partial charge in [0, 0.05) is 15.7 Å².